The van der Waals surface area contributed by atoms with E-state index in [1.165, 1.54) is 5.69 Å². The predicted molar refractivity (Wildman–Crippen MR) is 109 cm³/mol. The van der Waals surface area contributed by atoms with E-state index in [9.17, 15) is 4.79 Å². The third kappa shape index (κ3) is 4.85. The molecule has 5 nitrogen and oxygen atoms in total. The summed E-state index contributed by atoms with van der Waals surface area (Å²) >= 11 is 2.23. The maximum atomic E-state index is 12.3. The highest BCUT2D eigenvalue weighted by molar-refractivity contribution is 14.1. The summed E-state index contributed by atoms with van der Waals surface area (Å²) in [5.41, 5.74) is 2.08. The van der Waals surface area contributed by atoms with Crippen LogP contribution in [-0.4, -0.2) is 50.6 Å². The van der Waals surface area contributed by atoms with Crippen molar-refractivity contribution < 1.29 is 9.53 Å². The van der Waals surface area contributed by atoms with Gasteiger partial charge < -0.3 is 15.0 Å². The molecule has 1 aliphatic heterocycles. The summed E-state index contributed by atoms with van der Waals surface area (Å²) in [6.45, 7) is 4.03. The molecule has 0 bridgehead atoms. The van der Waals surface area contributed by atoms with Gasteiger partial charge >= 0.3 is 0 Å². The molecule has 2 aromatic carbocycles. The SMILES string of the molecule is COc1ccc(N2CCN(CC(=O)Nc3ccccc3I)CC2)cc1. The molecule has 1 saturated heterocycles. The molecule has 0 aliphatic carbocycles. The monoisotopic (exact) mass is 451 g/mol. The van der Waals surface area contributed by atoms with E-state index in [1.807, 2.05) is 36.4 Å². The van der Waals surface area contributed by atoms with Crippen molar-refractivity contribution in [3.63, 3.8) is 0 Å². The van der Waals surface area contributed by atoms with E-state index in [4.69, 9.17) is 4.74 Å². The summed E-state index contributed by atoms with van der Waals surface area (Å²) in [6, 6.07) is 16.0. The topological polar surface area (TPSA) is 44.8 Å². The van der Waals surface area contributed by atoms with Crippen molar-refractivity contribution >= 4 is 39.9 Å². The molecule has 0 saturated carbocycles. The van der Waals surface area contributed by atoms with Crippen molar-refractivity contribution in [1.82, 2.24) is 4.90 Å². The number of ether oxygens (including phenoxy) is 1. The quantitative estimate of drug-likeness (QED) is 0.711. The average molecular weight is 451 g/mol. The number of anilines is 2. The van der Waals surface area contributed by atoms with Gasteiger partial charge in [-0.1, -0.05) is 12.1 Å². The minimum absolute atomic E-state index is 0.0435. The highest BCUT2D eigenvalue weighted by Crippen LogP contribution is 2.21. The fraction of sp³-hybridized carbons (Fsp3) is 0.316. The number of methoxy groups -OCH3 is 1. The zero-order valence-corrected chi connectivity index (χ0v) is 16.4. The second kappa shape index (κ2) is 8.53. The largest absolute Gasteiger partial charge is 0.497 e. The molecule has 0 unspecified atom stereocenters. The van der Waals surface area contributed by atoms with Gasteiger partial charge in [0.15, 0.2) is 0 Å². The van der Waals surface area contributed by atoms with Crippen molar-refractivity contribution in [3.05, 3.63) is 52.1 Å². The Morgan fingerprint density at radius 3 is 2.40 bits per heavy atom. The number of nitrogens with one attached hydrogen (secondary N) is 1. The zero-order valence-electron chi connectivity index (χ0n) is 14.2. The van der Waals surface area contributed by atoms with E-state index in [0.717, 1.165) is 41.2 Å². The van der Waals surface area contributed by atoms with Crippen LogP contribution in [-0.2, 0) is 4.79 Å². The van der Waals surface area contributed by atoms with Gasteiger partial charge in [-0.15, -0.1) is 0 Å². The van der Waals surface area contributed by atoms with Gasteiger partial charge in [0.25, 0.3) is 0 Å². The van der Waals surface area contributed by atoms with E-state index >= 15 is 0 Å². The van der Waals surface area contributed by atoms with E-state index in [-0.39, 0.29) is 5.91 Å². The van der Waals surface area contributed by atoms with Crippen LogP contribution in [0.25, 0.3) is 0 Å². The molecule has 0 aromatic heterocycles. The van der Waals surface area contributed by atoms with Crippen LogP contribution in [0.1, 0.15) is 0 Å². The highest BCUT2D eigenvalue weighted by atomic mass is 127. The number of hydrogen-bond donors (Lipinski definition) is 1. The maximum Gasteiger partial charge on any atom is 0.238 e. The van der Waals surface area contributed by atoms with Crippen molar-refractivity contribution in [3.8, 4) is 5.75 Å². The Balaban J connectivity index is 1.48. The number of halogens is 1. The number of para-hydroxylation sites is 1. The molecule has 0 radical (unpaired) electrons. The first-order valence-electron chi connectivity index (χ1n) is 8.31. The summed E-state index contributed by atoms with van der Waals surface area (Å²) in [4.78, 5) is 16.8. The molecule has 1 amide bonds. The Kier molecular flexibility index (Phi) is 6.14. The average Bonchev–Trinajstić information content (AvgIpc) is 2.64. The molecule has 1 aliphatic rings. The minimum Gasteiger partial charge on any atom is -0.497 e. The third-order valence-corrected chi connectivity index (χ3v) is 5.27. The molecule has 1 N–H and O–H groups in total. The van der Waals surface area contributed by atoms with E-state index in [2.05, 4.69) is 49.8 Å². The van der Waals surface area contributed by atoms with Crippen LogP contribution in [0, 0.1) is 3.57 Å². The lowest BCUT2D eigenvalue weighted by Gasteiger charge is -2.35. The molecule has 2 aromatic rings. The summed E-state index contributed by atoms with van der Waals surface area (Å²) in [6.07, 6.45) is 0. The van der Waals surface area contributed by atoms with Crippen LogP contribution >= 0.6 is 22.6 Å². The molecule has 6 heteroatoms. The Morgan fingerprint density at radius 2 is 1.76 bits per heavy atom. The van der Waals surface area contributed by atoms with Crippen molar-refractivity contribution in [1.29, 1.82) is 0 Å². The van der Waals surface area contributed by atoms with Gasteiger partial charge in [0.05, 0.1) is 19.3 Å². The highest BCUT2D eigenvalue weighted by Gasteiger charge is 2.19. The molecule has 132 valence electrons. The zero-order chi connectivity index (χ0) is 17.6. The molecule has 1 heterocycles. The number of hydrogen-bond acceptors (Lipinski definition) is 4. The van der Waals surface area contributed by atoms with Gasteiger partial charge in [0.1, 0.15) is 5.75 Å². The summed E-state index contributed by atoms with van der Waals surface area (Å²) in [7, 11) is 1.68. The molecule has 1 fully saturated rings. The molecule has 25 heavy (non-hydrogen) atoms. The fourth-order valence-corrected chi connectivity index (χ4v) is 3.43. The van der Waals surface area contributed by atoms with Crippen LogP contribution in [0.3, 0.4) is 0 Å². The molecular weight excluding hydrogens is 429 g/mol. The lowest BCUT2D eigenvalue weighted by atomic mass is 10.2. The Hall–Kier alpha value is -1.80. The van der Waals surface area contributed by atoms with E-state index < -0.39 is 0 Å². The number of rotatable bonds is 5. The molecule has 0 atom stereocenters. The minimum atomic E-state index is 0.0435. The van der Waals surface area contributed by atoms with Crippen LogP contribution < -0.4 is 15.0 Å². The maximum absolute atomic E-state index is 12.3. The summed E-state index contributed by atoms with van der Waals surface area (Å²) < 4.78 is 6.26. The number of amides is 1. The second-order valence-electron chi connectivity index (χ2n) is 5.99. The Labute approximate surface area is 162 Å². The molecule has 3 rings (SSSR count). The Bertz CT molecular complexity index is 713. The van der Waals surface area contributed by atoms with Gasteiger partial charge in [-0.3, -0.25) is 9.69 Å². The smallest absolute Gasteiger partial charge is 0.238 e. The van der Waals surface area contributed by atoms with Gasteiger partial charge in [0.2, 0.25) is 5.91 Å². The van der Waals surface area contributed by atoms with E-state index in [0.29, 0.717) is 6.54 Å². The Morgan fingerprint density at radius 1 is 1.08 bits per heavy atom. The normalized spacial score (nSPS) is 15.0. The predicted octanol–water partition coefficient (Wildman–Crippen LogP) is 3.06. The van der Waals surface area contributed by atoms with Crippen LogP contribution in [0.5, 0.6) is 5.75 Å². The number of carbonyl (C=O) groups excluding carboxylic acids is 1. The van der Waals surface area contributed by atoms with Gasteiger partial charge in [-0.2, -0.15) is 0 Å². The van der Waals surface area contributed by atoms with Crippen molar-refractivity contribution in [2.75, 3.05) is 50.1 Å². The fourth-order valence-electron chi connectivity index (χ4n) is 2.91. The van der Waals surface area contributed by atoms with Gasteiger partial charge in [-0.05, 0) is 59.0 Å². The summed E-state index contributed by atoms with van der Waals surface area (Å²) in [5, 5.41) is 3.00. The first kappa shape index (κ1) is 18.0. The standard InChI is InChI=1S/C19H22IN3O2/c1-25-16-8-6-15(7-9-16)23-12-10-22(11-13-23)14-19(24)21-18-5-3-2-4-17(18)20/h2-9H,10-14H2,1H3,(H,21,24). The van der Waals surface area contributed by atoms with Gasteiger partial charge in [-0.25, -0.2) is 0 Å². The van der Waals surface area contributed by atoms with Crippen LogP contribution in [0.15, 0.2) is 48.5 Å². The van der Waals surface area contributed by atoms with Crippen molar-refractivity contribution in [2.45, 2.75) is 0 Å². The number of carbonyl (C=O) groups is 1. The first-order chi connectivity index (χ1) is 12.2. The summed E-state index contributed by atoms with van der Waals surface area (Å²) in [5.74, 6) is 0.914. The molecular formula is C19H22IN3O2. The number of benzene rings is 2. The van der Waals surface area contributed by atoms with Crippen LogP contribution in [0.4, 0.5) is 11.4 Å². The van der Waals surface area contributed by atoms with Crippen molar-refractivity contribution in [2.24, 2.45) is 0 Å². The third-order valence-electron chi connectivity index (χ3n) is 4.33. The second-order valence-corrected chi connectivity index (χ2v) is 7.15. The van der Waals surface area contributed by atoms with Crippen LogP contribution in [0.2, 0.25) is 0 Å². The lowest BCUT2D eigenvalue weighted by molar-refractivity contribution is -0.117. The molecule has 0 spiro atoms. The number of nitrogens with zero attached hydrogens (tertiary/aromatic N) is 2. The number of piperazine rings is 1. The lowest BCUT2D eigenvalue weighted by Crippen LogP contribution is -2.48. The van der Waals surface area contributed by atoms with Gasteiger partial charge in [0, 0.05) is 35.4 Å². The first-order valence-corrected chi connectivity index (χ1v) is 9.39. The van der Waals surface area contributed by atoms with E-state index in [1.54, 1.807) is 7.11 Å².